The van der Waals surface area contributed by atoms with Gasteiger partial charge in [0.25, 0.3) is 0 Å². The van der Waals surface area contributed by atoms with Crippen molar-refractivity contribution in [2.24, 2.45) is 0 Å². The Balaban J connectivity index is 2.07. The highest BCUT2D eigenvalue weighted by Gasteiger charge is 2.38. The third-order valence-electron chi connectivity index (χ3n) is 3.58. The van der Waals surface area contributed by atoms with E-state index in [0.29, 0.717) is 13.0 Å². The van der Waals surface area contributed by atoms with E-state index in [2.05, 4.69) is 0 Å². The number of hydrogen-bond acceptors (Lipinski definition) is 3. The second kappa shape index (κ2) is 4.94. The Hall–Kier alpha value is -0.620. The van der Waals surface area contributed by atoms with Crippen molar-refractivity contribution in [3.8, 4) is 0 Å². The maximum absolute atomic E-state index is 12.3. The normalized spacial score (nSPS) is 27.4. The third kappa shape index (κ3) is 2.80. The predicted molar refractivity (Wildman–Crippen MR) is 65.0 cm³/mol. The molecule has 0 radical (unpaired) electrons. The molecule has 1 atom stereocenters. The lowest BCUT2D eigenvalue weighted by Gasteiger charge is -2.31. The highest BCUT2D eigenvalue weighted by molar-refractivity contribution is 7.88. The molecule has 0 spiro atoms. The lowest BCUT2D eigenvalue weighted by Crippen LogP contribution is -2.48. The minimum absolute atomic E-state index is 0.00706. The van der Waals surface area contributed by atoms with Gasteiger partial charge in [0, 0.05) is 19.6 Å². The van der Waals surface area contributed by atoms with Gasteiger partial charge in [0.1, 0.15) is 6.04 Å². The number of carbonyl (C=O) groups excluding carboxylic acids is 1. The summed E-state index contributed by atoms with van der Waals surface area (Å²) in [6.07, 6.45) is 5.90. The van der Waals surface area contributed by atoms with Gasteiger partial charge in [0.15, 0.2) is 0 Å². The summed E-state index contributed by atoms with van der Waals surface area (Å²) in [6.45, 7) is 2.06. The zero-order valence-electron chi connectivity index (χ0n) is 10.3. The molecule has 5 nitrogen and oxygen atoms in total. The van der Waals surface area contributed by atoms with E-state index in [1.54, 1.807) is 0 Å². The molecule has 2 aliphatic heterocycles. The van der Waals surface area contributed by atoms with E-state index in [1.165, 1.54) is 17.0 Å². The standard InChI is InChI=1S/C11H20N2O3S/c1-17(15,16)13-9-5-6-10(13)11(14)12-7-3-2-4-8-12/h10H,2-9H2,1H3. The molecule has 1 unspecified atom stereocenters. The van der Waals surface area contributed by atoms with Crippen LogP contribution in [0.3, 0.4) is 0 Å². The Morgan fingerprint density at radius 2 is 1.71 bits per heavy atom. The molecule has 0 aromatic rings. The molecule has 0 aliphatic carbocycles. The van der Waals surface area contributed by atoms with Crippen LogP contribution in [0.4, 0.5) is 0 Å². The molecule has 2 saturated heterocycles. The third-order valence-corrected chi connectivity index (χ3v) is 4.87. The molecule has 6 heteroatoms. The van der Waals surface area contributed by atoms with E-state index >= 15 is 0 Å². The van der Waals surface area contributed by atoms with Gasteiger partial charge in [0.2, 0.25) is 15.9 Å². The quantitative estimate of drug-likeness (QED) is 0.723. The Labute approximate surface area is 103 Å². The minimum Gasteiger partial charge on any atom is -0.341 e. The van der Waals surface area contributed by atoms with Gasteiger partial charge in [-0.05, 0) is 32.1 Å². The first-order chi connectivity index (χ1) is 8.00. The van der Waals surface area contributed by atoms with Gasteiger partial charge in [0.05, 0.1) is 6.26 Å². The van der Waals surface area contributed by atoms with Crippen molar-refractivity contribution in [2.45, 2.75) is 38.1 Å². The number of carbonyl (C=O) groups is 1. The van der Waals surface area contributed by atoms with Crippen LogP contribution in [-0.4, -0.2) is 55.5 Å². The molecular formula is C11H20N2O3S. The van der Waals surface area contributed by atoms with Crippen molar-refractivity contribution in [3.05, 3.63) is 0 Å². The first kappa shape index (κ1) is 12.8. The zero-order chi connectivity index (χ0) is 12.5. The van der Waals surface area contributed by atoms with Crippen LogP contribution in [0.15, 0.2) is 0 Å². The van der Waals surface area contributed by atoms with Crippen LogP contribution in [0.25, 0.3) is 0 Å². The van der Waals surface area contributed by atoms with Crippen LogP contribution in [0.5, 0.6) is 0 Å². The molecule has 2 rings (SSSR count). The number of nitrogens with zero attached hydrogens (tertiary/aromatic N) is 2. The van der Waals surface area contributed by atoms with Crippen LogP contribution in [0.2, 0.25) is 0 Å². The monoisotopic (exact) mass is 260 g/mol. The highest BCUT2D eigenvalue weighted by atomic mass is 32.2. The maximum Gasteiger partial charge on any atom is 0.241 e. The second-order valence-corrected chi connectivity index (χ2v) is 6.85. The van der Waals surface area contributed by atoms with Crippen molar-refractivity contribution in [1.82, 2.24) is 9.21 Å². The summed E-state index contributed by atoms with van der Waals surface area (Å²) in [5, 5.41) is 0. The molecule has 0 bridgehead atoms. The first-order valence-corrected chi connectivity index (χ1v) is 8.10. The molecule has 0 N–H and O–H groups in total. The van der Waals surface area contributed by atoms with Crippen molar-refractivity contribution < 1.29 is 13.2 Å². The van der Waals surface area contributed by atoms with Crippen LogP contribution < -0.4 is 0 Å². The topological polar surface area (TPSA) is 57.7 Å². The summed E-state index contributed by atoms with van der Waals surface area (Å²) < 4.78 is 24.5. The molecule has 2 fully saturated rings. The lowest BCUT2D eigenvalue weighted by molar-refractivity contribution is -0.135. The number of amides is 1. The van der Waals surface area contributed by atoms with Gasteiger partial charge in [-0.1, -0.05) is 0 Å². The molecule has 2 heterocycles. The summed E-state index contributed by atoms with van der Waals surface area (Å²) >= 11 is 0. The molecule has 2 aliphatic rings. The van der Waals surface area contributed by atoms with Gasteiger partial charge >= 0.3 is 0 Å². The zero-order valence-corrected chi connectivity index (χ0v) is 11.1. The fraction of sp³-hybridized carbons (Fsp3) is 0.909. The molecule has 0 aromatic heterocycles. The Morgan fingerprint density at radius 1 is 1.06 bits per heavy atom. The lowest BCUT2D eigenvalue weighted by atomic mass is 10.1. The van der Waals surface area contributed by atoms with Gasteiger partial charge in [-0.25, -0.2) is 8.42 Å². The Bertz CT molecular complexity index is 388. The highest BCUT2D eigenvalue weighted by Crippen LogP contribution is 2.23. The van der Waals surface area contributed by atoms with Crippen LogP contribution in [-0.2, 0) is 14.8 Å². The molecular weight excluding hydrogens is 240 g/mol. The van der Waals surface area contributed by atoms with Crippen molar-refractivity contribution in [2.75, 3.05) is 25.9 Å². The molecule has 0 aromatic carbocycles. The van der Waals surface area contributed by atoms with E-state index in [1.807, 2.05) is 4.90 Å². The van der Waals surface area contributed by atoms with Crippen molar-refractivity contribution >= 4 is 15.9 Å². The molecule has 0 saturated carbocycles. The smallest absolute Gasteiger partial charge is 0.241 e. The van der Waals surface area contributed by atoms with Gasteiger partial charge < -0.3 is 4.90 Å². The fourth-order valence-electron chi connectivity index (χ4n) is 2.71. The molecule has 1 amide bonds. The fourth-order valence-corrected chi connectivity index (χ4v) is 3.83. The Morgan fingerprint density at radius 3 is 2.29 bits per heavy atom. The number of rotatable bonds is 2. The van der Waals surface area contributed by atoms with Crippen LogP contribution in [0.1, 0.15) is 32.1 Å². The Kier molecular flexibility index (Phi) is 3.73. The summed E-state index contributed by atoms with van der Waals surface area (Å²) in [5.74, 6) is 0.00706. The van der Waals surface area contributed by atoms with Crippen LogP contribution in [0, 0.1) is 0 Å². The molecule has 98 valence electrons. The van der Waals surface area contributed by atoms with E-state index in [0.717, 1.165) is 32.4 Å². The minimum atomic E-state index is -3.25. The average molecular weight is 260 g/mol. The number of sulfonamides is 1. The predicted octanol–water partition coefficient (Wildman–Crippen LogP) is 0.423. The maximum atomic E-state index is 12.3. The SMILES string of the molecule is CS(=O)(=O)N1CCCC1C(=O)N1CCCCC1. The van der Waals surface area contributed by atoms with E-state index < -0.39 is 16.1 Å². The molecule has 17 heavy (non-hydrogen) atoms. The summed E-state index contributed by atoms with van der Waals surface area (Å²) in [7, 11) is -3.25. The summed E-state index contributed by atoms with van der Waals surface area (Å²) in [4.78, 5) is 14.1. The first-order valence-electron chi connectivity index (χ1n) is 6.26. The van der Waals surface area contributed by atoms with E-state index in [4.69, 9.17) is 0 Å². The van der Waals surface area contributed by atoms with Gasteiger partial charge in [-0.15, -0.1) is 0 Å². The van der Waals surface area contributed by atoms with Gasteiger partial charge in [-0.2, -0.15) is 4.31 Å². The van der Waals surface area contributed by atoms with E-state index in [9.17, 15) is 13.2 Å². The van der Waals surface area contributed by atoms with Crippen molar-refractivity contribution in [3.63, 3.8) is 0 Å². The summed E-state index contributed by atoms with van der Waals surface area (Å²) in [5.41, 5.74) is 0. The number of piperidine rings is 1. The number of likely N-dealkylation sites (tertiary alicyclic amines) is 1. The second-order valence-electron chi connectivity index (χ2n) is 4.92. The summed E-state index contributed by atoms with van der Waals surface area (Å²) in [6, 6.07) is -0.442. The van der Waals surface area contributed by atoms with Crippen LogP contribution >= 0.6 is 0 Å². The number of hydrogen-bond donors (Lipinski definition) is 0. The van der Waals surface area contributed by atoms with Crippen molar-refractivity contribution in [1.29, 1.82) is 0 Å². The van der Waals surface area contributed by atoms with Gasteiger partial charge in [-0.3, -0.25) is 4.79 Å². The average Bonchev–Trinajstić information content (AvgIpc) is 2.78. The largest absolute Gasteiger partial charge is 0.341 e. The van der Waals surface area contributed by atoms with E-state index in [-0.39, 0.29) is 5.91 Å².